The van der Waals surface area contributed by atoms with E-state index in [0.29, 0.717) is 11.6 Å². The summed E-state index contributed by atoms with van der Waals surface area (Å²) in [6, 6.07) is 8.90. The van der Waals surface area contributed by atoms with Gasteiger partial charge in [0.15, 0.2) is 0 Å². The van der Waals surface area contributed by atoms with Crippen LogP contribution in [0.25, 0.3) is 11.1 Å². The number of hydrogen-bond acceptors (Lipinski definition) is 1. The van der Waals surface area contributed by atoms with Crippen LogP contribution in [-0.2, 0) is 6.42 Å². The van der Waals surface area contributed by atoms with Crippen molar-refractivity contribution < 1.29 is 13.2 Å². The van der Waals surface area contributed by atoms with E-state index in [1.54, 1.807) is 0 Å². The van der Waals surface area contributed by atoms with E-state index in [-0.39, 0.29) is 17.5 Å². The second-order valence-electron chi connectivity index (χ2n) is 3.77. The molecule has 0 heterocycles. The summed E-state index contributed by atoms with van der Waals surface area (Å²) in [4.78, 5) is 0. The zero-order valence-electron chi connectivity index (χ0n) is 9.25. The molecule has 1 nitrogen and oxygen atoms in total. The molecule has 2 aromatic rings. The van der Waals surface area contributed by atoms with Crippen LogP contribution in [0, 0.1) is 28.8 Å². The van der Waals surface area contributed by atoms with E-state index in [9.17, 15) is 13.2 Å². The summed E-state index contributed by atoms with van der Waals surface area (Å²) in [5.74, 6) is -2.16. The van der Waals surface area contributed by atoms with Crippen LogP contribution >= 0.6 is 0 Å². The number of halogens is 3. The lowest BCUT2D eigenvalue weighted by atomic mass is 10.0. The van der Waals surface area contributed by atoms with Crippen molar-refractivity contribution in [2.24, 2.45) is 0 Å². The van der Waals surface area contributed by atoms with Crippen molar-refractivity contribution in [2.45, 2.75) is 6.42 Å². The van der Waals surface area contributed by atoms with Gasteiger partial charge in [-0.25, -0.2) is 13.2 Å². The van der Waals surface area contributed by atoms with E-state index in [1.165, 1.54) is 24.3 Å². The average Bonchev–Trinajstić information content (AvgIpc) is 2.33. The smallest absolute Gasteiger partial charge is 0.134 e. The number of rotatable bonds is 2. The van der Waals surface area contributed by atoms with Gasteiger partial charge in [0.1, 0.15) is 17.5 Å². The summed E-state index contributed by atoms with van der Waals surface area (Å²) in [6.45, 7) is 0. The van der Waals surface area contributed by atoms with Crippen molar-refractivity contribution in [1.82, 2.24) is 0 Å². The fourth-order valence-corrected chi connectivity index (χ4v) is 1.69. The summed E-state index contributed by atoms with van der Waals surface area (Å²) in [5, 5.41) is 8.57. The summed E-state index contributed by atoms with van der Waals surface area (Å²) in [6.07, 6.45) is 0.107. The molecule has 0 saturated heterocycles. The quantitative estimate of drug-likeness (QED) is 0.791. The topological polar surface area (TPSA) is 23.8 Å². The van der Waals surface area contributed by atoms with Crippen LogP contribution in [0.15, 0.2) is 36.4 Å². The first-order chi connectivity index (χ1) is 8.61. The van der Waals surface area contributed by atoms with Gasteiger partial charge in [0.05, 0.1) is 12.5 Å². The Kier molecular flexibility index (Phi) is 3.33. The molecule has 0 saturated carbocycles. The molecule has 0 aliphatic carbocycles. The Morgan fingerprint density at radius 2 is 1.67 bits per heavy atom. The highest BCUT2D eigenvalue weighted by Gasteiger charge is 2.11. The fourth-order valence-electron chi connectivity index (χ4n) is 1.69. The maximum atomic E-state index is 13.6. The Morgan fingerprint density at radius 3 is 2.33 bits per heavy atom. The number of nitrogens with zero attached hydrogens (tertiary/aromatic N) is 1. The van der Waals surface area contributed by atoms with Crippen molar-refractivity contribution in [3.63, 3.8) is 0 Å². The molecule has 0 atom stereocenters. The molecule has 2 rings (SSSR count). The highest BCUT2D eigenvalue weighted by molar-refractivity contribution is 5.65. The van der Waals surface area contributed by atoms with Gasteiger partial charge in [-0.2, -0.15) is 5.26 Å². The lowest BCUT2D eigenvalue weighted by Crippen LogP contribution is -1.92. The van der Waals surface area contributed by atoms with E-state index >= 15 is 0 Å². The van der Waals surface area contributed by atoms with Gasteiger partial charge in [-0.05, 0) is 29.8 Å². The average molecular weight is 247 g/mol. The van der Waals surface area contributed by atoms with Crippen LogP contribution in [0.5, 0.6) is 0 Å². The highest BCUT2D eigenvalue weighted by atomic mass is 19.1. The zero-order valence-corrected chi connectivity index (χ0v) is 9.25. The van der Waals surface area contributed by atoms with Crippen molar-refractivity contribution in [2.75, 3.05) is 0 Å². The van der Waals surface area contributed by atoms with Crippen LogP contribution < -0.4 is 0 Å². The van der Waals surface area contributed by atoms with Gasteiger partial charge in [-0.3, -0.25) is 0 Å². The van der Waals surface area contributed by atoms with Crippen molar-refractivity contribution in [3.05, 3.63) is 59.4 Å². The van der Waals surface area contributed by atoms with Crippen molar-refractivity contribution in [3.8, 4) is 17.2 Å². The molecule has 0 amide bonds. The summed E-state index contributed by atoms with van der Waals surface area (Å²) < 4.78 is 40.0. The van der Waals surface area contributed by atoms with Gasteiger partial charge in [0.25, 0.3) is 0 Å². The van der Waals surface area contributed by atoms with Crippen molar-refractivity contribution in [1.29, 1.82) is 5.26 Å². The Balaban J connectivity index is 2.56. The molecule has 0 aromatic heterocycles. The second kappa shape index (κ2) is 4.92. The van der Waals surface area contributed by atoms with Crippen LogP contribution in [0.1, 0.15) is 5.56 Å². The molecule has 0 aliphatic rings. The third-order valence-electron chi connectivity index (χ3n) is 2.54. The van der Waals surface area contributed by atoms with E-state index in [0.717, 1.165) is 6.07 Å². The van der Waals surface area contributed by atoms with Crippen LogP contribution in [0.4, 0.5) is 13.2 Å². The summed E-state index contributed by atoms with van der Waals surface area (Å²) >= 11 is 0. The molecular weight excluding hydrogens is 239 g/mol. The molecule has 0 aliphatic heterocycles. The molecule has 2 aromatic carbocycles. The molecule has 0 N–H and O–H groups in total. The zero-order chi connectivity index (χ0) is 13.1. The van der Waals surface area contributed by atoms with Gasteiger partial charge < -0.3 is 0 Å². The van der Waals surface area contributed by atoms with Crippen LogP contribution in [0.2, 0.25) is 0 Å². The van der Waals surface area contributed by atoms with Gasteiger partial charge in [0.2, 0.25) is 0 Å². The molecule has 0 radical (unpaired) electrons. The van der Waals surface area contributed by atoms with Gasteiger partial charge >= 0.3 is 0 Å². The first-order valence-electron chi connectivity index (χ1n) is 5.22. The van der Waals surface area contributed by atoms with Gasteiger partial charge in [-0.15, -0.1) is 0 Å². The monoisotopic (exact) mass is 247 g/mol. The van der Waals surface area contributed by atoms with E-state index in [2.05, 4.69) is 0 Å². The minimum Gasteiger partial charge on any atom is -0.207 e. The highest BCUT2D eigenvalue weighted by Crippen LogP contribution is 2.27. The maximum absolute atomic E-state index is 13.6. The molecule has 4 heteroatoms. The molecule has 0 bridgehead atoms. The van der Waals surface area contributed by atoms with Crippen molar-refractivity contribution >= 4 is 0 Å². The summed E-state index contributed by atoms with van der Waals surface area (Å²) in [7, 11) is 0. The second-order valence-corrected chi connectivity index (χ2v) is 3.77. The number of nitriles is 1. The fraction of sp³-hybridized carbons (Fsp3) is 0.0714. The molecular formula is C14H8F3N. The predicted molar refractivity (Wildman–Crippen MR) is 61.1 cm³/mol. The number of hydrogen-bond donors (Lipinski definition) is 0. The van der Waals surface area contributed by atoms with E-state index in [1.807, 2.05) is 6.07 Å². The molecule has 0 unspecified atom stereocenters. The molecule has 90 valence electrons. The van der Waals surface area contributed by atoms with Crippen LogP contribution in [0.3, 0.4) is 0 Å². The van der Waals surface area contributed by atoms with E-state index < -0.39 is 17.5 Å². The Bertz CT molecular complexity index is 629. The molecule has 18 heavy (non-hydrogen) atoms. The maximum Gasteiger partial charge on any atom is 0.134 e. The van der Waals surface area contributed by atoms with Gasteiger partial charge in [-0.1, -0.05) is 6.07 Å². The standard InChI is InChI=1S/C14H8F3N/c15-10-2-3-11(14(17)8-10)12-7-9(5-6-18)1-4-13(12)16/h1-4,7-8H,5H2. The SMILES string of the molecule is N#CCc1ccc(F)c(-c2ccc(F)cc2F)c1. The Morgan fingerprint density at radius 1 is 0.889 bits per heavy atom. The largest absolute Gasteiger partial charge is 0.207 e. The Hall–Kier alpha value is -2.28. The first-order valence-corrected chi connectivity index (χ1v) is 5.22. The third-order valence-corrected chi connectivity index (χ3v) is 2.54. The normalized spacial score (nSPS) is 10.1. The minimum absolute atomic E-state index is 0.0197. The molecule has 0 fully saturated rings. The van der Waals surface area contributed by atoms with E-state index in [4.69, 9.17) is 5.26 Å². The lowest BCUT2D eigenvalue weighted by Gasteiger charge is -2.06. The van der Waals surface area contributed by atoms with Gasteiger partial charge in [0, 0.05) is 17.2 Å². The minimum atomic E-state index is -0.831. The third kappa shape index (κ3) is 2.35. The summed E-state index contributed by atoms with van der Waals surface area (Å²) in [5.41, 5.74) is 0.589. The first kappa shape index (κ1) is 12.2. The van der Waals surface area contributed by atoms with Crippen LogP contribution in [-0.4, -0.2) is 0 Å². The predicted octanol–water partition coefficient (Wildman–Crippen LogP) is 3.84. The molecule has 0 spiro atoms. The number of benzene rings is 2. The lowest BCUT2D eigenvalue weighted by molar-refractivity contribution is 0.582. The Labute approximate surface area is 102 Å².